The Balaban J connectivity index is 1.53. The highest BCUT2D eigenvalue weighted by atomic mass is 16.2. The molecular weight excluding hydrogens is 344 g/mol. The summed E-state index contributed by atoms with van der Waals surface area (Å²) in [6, 6.07) is 14.8. The van der Waals surface area contributed by atoms with Gasteiger partial charge in [-0.1, -0.05) is 24.3 Å². The van der Waals surface area contributed by atoms with Gasteiger partial charge in [0.05, 0.1) is 17.4 Å². The Morgan fingerprint density at radius 1 is 1.00 bits per heavy atom. The lowest BCUT2D eigenvalue weighted by Gasteiger charge is -2.06. The Labute approximate surface area is 154 Å². The molecule has 0 bridgehead atoms. The van der Waals surface area contributed by atoms with Gasteiger partial charge in [-0.25, -0.2) is 9.97 Å². The van der Waals surface area contributed by atoms with Crippen LogP contribution >= 0.6 is 0 Å². The van der Waals surface area contributed by atoms with E-state index in [1.165, 1.54) is 6.33 Å². The molecule has 2 aromatic heterocycles. The van der Waals surface area contributed by atoms with Crippen LogP contribution in [0.4, 0.5) is 11.6 Å². The van der Waals surface area contributed by atoms with E-state index in [0.29, 0.717) is 11.6 Å². The Kier molecular flexibility index (Phi) is 4.13. The Bertz CT molecular complexity index is 1110. The molecule has 4 rings (SSSR count). The van der Waals surface area contributed by atoms with Gasteiger partial charge in [0, 0.05) is 5.69 Å². The second-order valence-electron chi connectivity index (χ2n) is 6.01. The van der Waals surface area contributed by atoms with Crippen molar-refractivity contribution < 1.29 is 9.59 Å². The van der Waals surface area contributed by atoms with Gasteiger partial charge >= 0.3 is 0 Å². The molecule has 0 spiro atoms. The number of aryl methyl sites for hydroxylation is 1. The van der Waals surface area contributed by atoms with Crippen LogP contribution in [0, 0.1) is 6.92 Å². The molecule has 0 unspecified atom stereocenters. The highest BCUT2D eigenvalue weighted by molar-refractivity contribution is 6.13. The highest BCUT2D eigenvalue weighted by Crippen LogP contribution is 2.16. The standard InChI is InChI=1S/C19H16N6O2/c1-11-5-4-6-12(9-11)22-17(26)15-16(21-10-20-15)18(27)25-19-23-13-7-2-3-8-14(13)24-19/h2-10H,1H3,(H,20,21)(H,22,26)(H2,23,24,25,27). The molecule has 4 N–H and O–H groups in total. The maximum Gasteiger partial charge on any atom is 0.276 e. The molecule has 0 fully saturated rings. The van der Waals surface area contributed by atoms with E-state index in [-0.39, 0.29) is 11.4 Å². The van der Waals surface area contributed by atoms with Crippen LogP contribution in [0.1, 0.15) is 26.5 Å². The number of aromatic nitrogens is 4. The first-order valence-electron chi connectivity index (χ1n) is 8.27. The van der Waals surface area contributed by atoms with Crippen molar-refractivity contribution in [2.24, 2.45) is 0 Å². The van der Waals surface area contributed by atoms with Crippen molar-refractivity contribution in [3.63, 3.8) is 0 Å². The lowest BCUT2D eigenvalue weighted by atomic mass is 10.2. The zero-order valence-electron chi connectivity index (χ0n) is 14.4. The van der Waals surface area contributed by atoms with Gasteiger partial charge in [-0.2, -0.15) is 0 Å². The molecule has 0 aliphatic rings. The van der Waals surface area contributed by atoms with Gasteiger partial charge in [-0.3, -0.25) is 14.9 Å². The summed E-state index contributed by atoms with van der Waals surface area (Å²) in [6.07, 6.45) is 1.30. The van der Waals surface area contributed by atoms with Crippen LogP contribution in [0.15, 0.2) is 54.9 Å². The second kappa shape index (κ2) is 6.75. The molecule has 134 valence electrons. The van der Waals surface area contributed by atoms with E-state index in [1.54, 1.807) is 6.07 Å². The van der Waals surface area contributed by atoms with Gasteiger partial charge in [0.15, 0.2) is 5.69 Å². The van der Waals surface area contributed by atoms with Crippen molar-refractivity contribution in [2.75, 3.05) is 10.6 Å². The number of aromatic amines is 2. The van der Waals surface area contributed by atoms with Crippen molar-refractivity contribution in [3.8, 4) is 0 Å². The quantitative estimate of drug-likeness (QED) is 0.447. The summed E-state index contributed by atoms with van der Waals surface area (Å²) < 4.78 is 0. The lowest BCUT2D eigenvalue weighted by molar-refractivity contribution is 0.0985. The van der Waals surface area contributed by atoms with Crippen molar-refractivity contribution in [1.29, 1.82) is 0 Å². The molecule has 2 aromatic carbocycles. The SMILES string of the molecule is Cc1cccc(NC(=O)c2nc[nH]c2C(=O)Nc2nc3ccccc3[nH]2)c1. The third kappa shape index (κ3) is 3.40. The number of para-hydroxylation sites is 2. The predicted molar refractivity (Wildman–Crippen MR) is 102 cm³/mol. The average molecular weight is 360 g/mol. The number of hydrogen-bond donors (Lipinski definition) is 4. The zero-order valence-corrected chi connectivity index (χ0v) is 14.4. The summed E-state index contributed by atoms with van der Waals surface area (Å²) in [5.41, 5.74) is 3.24. The van der Waals surface area contributed by atoms with Crippen molar-refractivity contribution in [2.45, 2.75) is 6.92 Å². The van der Waals surface area contributed by atoms with Crippen LogP contribution in [0.5, 0.6) is 0 Å². The molecule has 8 heteroatoms. The summed E-state index contributed by atoms with van der Waals surface area (Å²) in [5.74, 6) is -0.696. The number of anilines is 2. The van der Waals surface area contributed by atoms with Crippen molar-refractivity contribution in [3.05, 3.63) is 71.8 Å². The molecule has 0 aliphatic carbocycles. The molecule has 4 aromatic rings. The number of carbonyl (C=O) groups excluding carboxylic acids is 2. The molecule has 8 nitrogen and oxygen atoms in total. The fourth-order valence-electron chi connectivity index (χ4n) is 2.73. The molecule has 2 amide bonds. The minimum Gasteiger partial charge on any atom is -0.340 e. The van der Waals surface area contributed by atoms with E-state index in [2.05, 4.69) is 30.6 Å². The summed E-state index contributed by atoms with van der Waals surface area (Å²) >= 11 is 0. The minimum absolute atomic E-state index is 0.00474. The molecule has 0 aliphatic heterocycles. The number of carbonyl (C=O) groups is 2. The van der Waals surface area contributed by atoms with E-state index in [0.717, 1.165) is 16.6 Å². The normalized spacial score (nSPS) is 10.7. The number of hydrogen-bond acceptors (Lipinski definition) is 4. The number of nitrogens with one attached hydrogen (secondary N) is 4. The number of amides is 2. The first kappa shape index (κ1) is 16.5. The molecule has 0 saturated carbocycles. The Hall–Kier alpha value is -3.94. The summed E-state index contributed by atoms with van der Waals surface area (Å²) in [4.78, 5) is 39.1. The fraction of sp³-hybridized carbons (Fsp3) is 0.0526. The Morgan fingerprint density at radius 2 is 1.85 bits per heavy atom. The molecule has 2 heterocycles. The molecule has 0 radical (unpaired) electrons. The average Bonchev–Trinajstić information content (AvgIpc) is 3.28. The monoisotopic (exact) mass is 360 g/mol. The van der Waals surface area contributed by atoms with E-state index in [1.807, 2.05) is 49.4 Å². The van der Waals surface area contributed by atoms with E-state index in [4.69, 9.17) is 0 Å². The number of rotatable bonds is 4. The van der Waals surface area contributed by atoms with Crippen LogP contribution in [-0.4, -0.2) is 31.8 Å². The lowest BCUT2D eigenvalue weighted by Crippen LogP contribution is -2.20. The zero-order chi connectivity index (χ0) is 18.8. The highest BCUT2D eigenvalue weighted by Gasteiger charge is 2.21. The largest absolute Gasteiger partial charge is 0.340 e. The van der Waals surface area contributed by atoms with Crippen LogP contribution < -0.4 is 10.6 Å². The van der Waals surface area contributed by atoms with Crippen LogP contribution in [-0.2, 0) is 0 Å². The topological polar surface area (TPSA) is 116 Å². The van der Waals surface area contributed by atoms with Gasteiger partial charge in [0.25, 0.3) is 11.8 Å². The van der Waals surface area contributed by atoms with Gasteiger partial charge < -0.3 is 15.3 Å². The minimum atomic E-state index is -0.513. The van der Waals surface area contributed by atoms with Gasteiger partial charge in [-0.05, 0) is 36.8 Å². The summed E-state index contributed by atoms with van der Waals surface area (Å²) in [6.45, 7) is 1.93. The smallest absolute Gasteiger partial charge is 0.276 e. The van der Waals surface area contributed by atoms with E-state index >= 15 is 0 Å². The molecule has 0 atom stereocenters. The van der Waals surface area contributed by atoms with Crippen LogP contribution in [0.25, 0.3) is 11.0 Å². The molecular formula is C19H16N6O2. The summed E-state index contributed by atoms with van der Waals surface area (Å²) in [5, 5.41) is 5.39. The van der Waals surface area contributed by atoms with E-state index < -0.39 is 11.8 Å². The second-order valence-corrected chi connectivity index (χ2v) is 6.01. The first-order chi connectivity index (χ1) is 13.1. The molecule has 0 saturated heterocycles. The summed E-state index contributed by atoms with van der Waals surface area (Å²) in [7, 11) is 0. The maximum absolute atomic E-state index is 12.6. The number of fused-ring (bicyclic) bond motifs is 1. The van der Waals surface area contributed by atoms with Gasteiger partial charge in [0.1, 0.15) is 5.69 Å². The third-order valence-electron chi connectivity index (χ3n) is 3.98. The number of benzene rings is 2. The first-order valence-corrected chi connectivity index (χ1v) is 8.27. The number of nitrogens with zero attached hydrogens (tertiary/aromatic N) is 2. The Morgan fingerprint density at radius 3 is 2.67 bits per heavy atom. The third-order valence-corrected chi connectivity index (χ3v) is 3.98. The number of H-pyrrole nitrogens is 2. The molecule has 27 heavy (non-hydrogen) atoms. The maximum atomic E-state index is 12.6. The predicted octanol–water partition coefficient (Wildman–Crippen LogP) is 3.10. The van der Waals surface area contributed by atoms with Crippen molar-refractivity contribution >= 4 is 34.5 Å². The van der Waals surface area contributed by atoms with Gasteiger partial charge in [0.2, 0.25) is 5.95 Å². The van der Waals surface area contributed by atoms with Crippen LogP contribution in [0.2, 0.25) is 0 Å². The van der Waals surface area contributed by atoms with Gasteiger partial charge in [-0.15, -0.1) is 0 Å². The fourth-order valence-corrected chi connectivity index (χ4v) is 2.73. The van der Waals surface area contributed by atoms with Crippen LogP contribution in [0.3, 0.4) is 0 Å². The number of imidazole rings is 2. The van der Waals surface area contributed by atoms with Crippen molar-refractivity contribution in [1.82, 2.24) is 19.9 Å². The van der Waals surface area contributed by atoms with E-state index in [9.17, 15) is 9.59 Å².